The Labute approximate surface area is 129 Å². The van der Waals surface area contributed by atoms with Crippen molar-refractivity contribution in [2.24, 2.45) is 0 Å². The third kappa shape index (κ3) is 3.17. The summed E-state index contributed by atoms with van der Waals surface area (Å²) in [6.07, 6.45) is 1.05. The molecule has 0 bridgehead atoms. The Kier molecular flexibility index (Phi) is 4.49. The number of amides is 1. The topological polar surface area (TPSA) is 29.5 Å². The highest BCUT2D eigenvalue weighted by Gasteiger charge is 2.26. The van der Waals surface area contributed by atoms with E-state index in [1.165, 1.54) is 11.1 Å². The predicted octanol–water partition coefficient (Wildman–Crippen LogP) is 3.51. The number of hydroxylamine groups is 2. The van der Waals surface area contributed by atoms with Gasteiger partial charge in [-0.25, -0.2) is 9.45 Å². The van der Waals surface area contributed by atoms with Crippen LogP contribution in [0.4, 0.5) is 4.39 Å². The van der Waals surface area contributed by atoms with Gasteiger partial charge < -0.3 is 0 Å². The number of halogens is 1. The van der Waals surface area contributed by atoms with Gasteiger partial charge in [0.1, 0.15) is 5.82 Å². The third-order valence-corrected chi connectivity index (χ3v) is 3.89. The highest BCUT2D eigenvalue weighted by molar-refractivity contribution is 5.77. The van der Waals surface area contributed by atoms with Crippen molar-refractivity contribution in [3.8, 4) is 0 Å². The van der Waals surface area contributed by atoms with Gasteiger partial charge in [-0.2, -0.15) is 0 Å². The second-order valence-electron chi connectivity index (χ2n) is 5.37. The van der Waals surface area contributed by atoms with Crippen molar-refractivity contribution in [2.75, 3.05) is 13.2 Å². The zero-order valence-corrected chi connectivity index (χ0v) is 12.2. The number of benzene rings is 2. The monoisotopic (exact) mass is 299 g/mol. The average molecular weight is 299 g/mol. The molecule has 1 atom stereocenters. The zero-order valence-electron chi connectivity index (χ0n) is 12.2. The molecule has 1 aliphatic heterocycles. The number of nitrogens with zero attached hydrogens (tertiary/aromatic N) is 1. The summed E-state index contributed by atoms with van der Waals surface area (Å²) in [4.78, 5) is 17.7. The van der Waals surface area contributed by atoms with Gasteiger partial charge in [-0.15, -0.1) is 0 Å². The number of carbonyl (C=O) groups excluding carboxylic acids is 1. The van der Waals surface area contributed by atoms with Crippen LogP contribution < -0.4 is 0 Å². The van der Waals surface area contributed by atoms with Crippen LogP contribution in [0.25, 0.3) is 0 Å². The minimum Gasteiger partial charge on any atom is -0.273 e. The van der Waals surface area contributed by atoms with E-state index in [-0.39, 0.29) is 24.1 Å². The first-order valence-corrected chi connectivity index (χ1v) is 7.48. The van der Waals surface area contributed by atoms with Gasteiger partial charge in [0.25, 0.3) is 0 Å². The van der Waals surface area contributed by atoms with Crippen LogP contribution in [0, 0.1) is 5.82 Å². The molecular formula is C18H18FNO2. The van der Waals surface area contributed by atoms with Crippen molar-refractivity contribution in [1.29, 1.82) is 0 Å². The maximum atomic E-state index is 14.2. The van der Waals surface area contributed by atoms with Crippen molar-refractivity contribution >= 4 is 5.91 Å². The Morgan fingerprint density at radius 2 is 1.86 bits per heavy atom. The van der Waals surface area contributed by atoms with Crippen molar-refractivity contribution < 1.29 is 14.0 Å². The average Bonchev–Trinajstić information content (AvgIpc) is 3.09. The minimum absolute atomic E-state index is 0.102. The van der Waals surface area contributed by atoms with Crippen molar-refractivity contribution in [1.82, 2.24) is 5.06 Å². The third-order valence-electron chi connectivity index (χ3n) is 3.89. The van der Waals surface area contributed by atoms with E-state index in [2.05, 4.69) is 0 Å². The van der Waals surface area contributed by atoms with E-state index in [1.54, 1.807) is 18.2 Å². The molecule has 0 unspecified atom stereocenters. The number of hydrogen-bond donors (Lipinski definition) is 0. The lowest BCUT2D eigenvalue weighted by molar-refractivity contribution is -0.168. The molecule has 1 aliphatic rings. The summed E-state index contributed by atoms with van der Waals surface area (Å²) in [5.41, 5.74) is 1.47. The molecule has 2 aromatic carbocycles. The fraction of sp³-hybridized carbons (Fsp3) is 0.278. The molecule has 0 radical (unpaired) electrons. The smallest absolute Gasteiger partial charge is 0.247 e. The lowest BCUT2D eigenvalue weighted by Gasteiger charge is -2.21. The first-order chi connectivity index (χ1) is 10.8. The van der Waals surface area contributed by atoms with Crippen LogP contribution in [0.5, 0.6) is 0 Å². The zero-order chi connectivity index (χ0) is 15.4. The molecule has 0 spiro atoms. The van der Waals surface area contributed by atoms with Crippen LogP contribution in [-0.4, -0.2) is 24.1 Å². The summed E-state index contributed by atoms with van der Waals surface area (Å²) >= 11 is 0. The first kappa shape index (κ1) is 14.7. The summed E-state index contributed by atoms with van der Waals surface area (Å²) in [7, 11) is 0. The van der Waals surface area contributed by atoms with Gasteiger partial charge in [0.15, 0.2) is 0 Å². The van der Waals surface area contributed by atoms with Crippen LogP contribution in [0.1, 0.15) is 29.9 Å². The van der Waals surface area contributed by atoms with Gasteiger partial charge in [-0.1, -0.05) is 48.5 Å². The van der Waals surface area contributed by atoms with Crippen LogP contribution >= 0.6 is 0 Å². The van der Waals surface area contributed by atoms with Crippen molar-refractivity contribution in [3.05, 3.63) is 71.5 Å². The Bertz CT molecular complexity index is 639. The van der Waals surface area contributed by atoms with E-state index >= 15 is 0 Å². The molecule has 0 N–H and O–H groups in total. The quantitative estimate of drug-likeness (QED) is 0.864. The highest BCUT2D eigenvalue weighted by atomic mass is 19.1. The fourth-order valence-corrected chi connectivity index (χ4v) is 2.77. The molecule has 0 saturated carbocycles. The van der Waals surface area contributed by atoms with Gasteiger partial charge in [-0.05, 0) is 23.6 Å². The summed E-state index contributed by atoms with van der Waals surface area (Å²) in [6, 6.07) is 16.2. The Morgan fingerprint density at radius 1 is 1.14 bits per heavy atom. The Hall–Kier alpha value is -2.20. The molecule has 0 aliphatic carbocycles. The van der Waals surface area contributed by atoms with Gasteiger partial charge >= 0.3 is 0 Å². The molecule has 0 aromatic heterocycles. The highest BCUT2D eigenvalue weighted by Crippen LogP contribution is 2.30. The van der Waals surface area contributed by atoms with Crippen LogP contribution in [0.2, 0.25) is 0 Å². The second-order valence-corrected chi connectivity index (χ2v) is 5.37. The largest absolute Gasteiger partial charge is 0.273 e. The molecule has 4 heteroatoms. The van der Waals surface area contributed by atoms with Gasteiger partial charge in [0.05, 0.1) is 13.2 Å². The fourth-order valence-electron chi connectivity index (χ4n) is 2.77. The molecule has 22 heavy (non-hydrogen) atoms. The molecule has 1 heterocycles. The number of hydrogen-bond acceptors (Lipinski definition) is 2. The van der Waals surface area contributed by atoms with Gasteiger partial charge in [0, 0.05) is 12.3 Å². The van der Waals surface area contributed by atoms with E-state index < -0.39 is 0 Å². The molecular weight excluding hydrogens is 281 g/mol. The maximum Gasteiger partial charge on any atom is 0.247 e. The van der Waals surface area contributed by atoms with E-state index in [0.29, 0.717) is 18.7 Å². The molecule has 2 aromatic rings. The molecule has 3 nitrogen and oxygen atoms in total. The summed E-state index contributed by atoms with van der Waals surface area (Å²) in [5.74, 6) is -0.694. The second kappa shape index (κ2) is 6.71. The van der Waals surface area contributed by atoms with Crippen LogP contribution in [0.3, 0.4) is 0 Å². The summed E-state index contributed by atoms with van der Waals surface area (Å²) in [5, 5.41) is 1.40. The van der Waals surface area contributed by atoms with Crippen LogP contribution in [0.15, 0.2) is 54.6 Å². The van der Waals surface area contributed by atoms with Crippen molar-refractivity contribution in [2.45, 2.75) is 18.8 Å². The molecule has 3 rings (SSSR count). The first-order valence-electron chi connectivity index (χ1n) is 7.48. The molecule has 1 fully saturated rings. The molecule has 1 amide bonds. The maximum absolute atomic E-state index is 14.2. The molecule has 1 saturated heterocycles. The Morgan fingerprint density at radius 3 is 2.55 bits per heavy atom. The van der Waals surface area contributed by atoms with E-state index in [0.717, 1.165) is 12.0 Å². The van der Waals surface area contributed by atoms with Crippen molar-refractivity contribution in [3.63, 3.8) is 0 Å². The van der Waals surface area contributed by atoms with Crippen LogP contribution in [-0.2, 0) is 9.63 Å². The number of carbonyl (C=O) groups is 1. The lowest BCUT2D eigenvalue weighted by Crippen LogP contribution is -2.28. The van der Waals surface area contributed by atoms with Gasteiger partial charge in [-0.3, -0.25) is 9.63 Å². The standard InChI is InChI=1S/C18H18FNO2/c19-17-10-5-4-9-15(17)16(14-7-2-1-3-8-14)13-18(21)20-11-6-12-22-20/h1-5,7-10,16H,6,11-13H2/t16-/m1/s1. The summed E-state index contributed by atoms with van der Waals surface area (Å²) < 4.78 is 14.2. The number of rotatable bonds is 4. The Balaban J connectivity index is 1.90. The van der Waals surface area contributed by atoms with E-state index in [9.17, 15) is 9.18 Å². The lowest BCUT2D eigenvalue weighted by atomic mass is 9.88. The van der Waals surface area contributed by atoms with Gasteiger partial charge in [0.2, 0.25) is 5.91 Å². The molecule has 114 valence electrons. The van der Waals surface area contributed by atoms with E-state index in [4.69, 9.17) is 4.84 Å². The SMILES string of the molecule is O=C(C[C@H](c1ccccc1)c1ccccc1F)N1CCCO1. The summed E-state index contributed by atoms with van der Waals surface area (Å²) in [6.45, 7) is 1.18. The minimum atomic E-state index is -0.306. The van der Waals surface area contributed by atoms with E-state index in [1.807, 2.05) is 30.3 Å². The normalized spacial score (nSPS) is 15.8. The predicted molar refractivity (Wildman–Crippen MR) is 81.6 cm³/mol.